The Kier molecular flexibility index (Phi) is 5.76. The monoisotopic (exact) mass is 306 g/mol. The summed E-state index contributed by atoms with van der Waals surface area (Å²) in [6.45, 7) is 1.81. The zero-order valence-corrected chi connectivity index (χ0v) is 14.2. The molecule has 2 aromatic rings. The van der Waals surface area contributed by atoms with E-state index in [0.717, 1.165) is 27.3 Å². The van der Waals surface area contributed by atoms with Gasteiger partial charge in [0, 0.05) is 9.75 Å². The second-order valence-corrected chi connectivity index (χ2v) is 6.39. The average Bonchev–Trinajstić information content (AvgIpc) is 2.70. The maximum Gasteiger partial charge on any atom is 1.00 e. The maximum absolute atomic E-state index is 10.8. The van der Waals surface area contributed by atoms with Gasteiger partial charge in [-0.3, -0.25) is 0 Å². The molecule has 1 atom stereocenters. The first kappa shape index (κ1) is 16.8. The van der Waals surface area contributed by atoms with Crippen molar-refractivity contribution in [2.45, 2.75) is 12.4 Å². The fourth-order valence-electron chi connectivity index (χ4n) is 1.65. The zero-order valence-electron chi connectivity index (χ0n) is 10.5. The molecule has 1 aromatic carbocycles. The van der Waals surface area contributed by atoms with Crippen LogP contribution in [0.4, 0.5) is 0 Å². The van der Waals surface area contributed by atoms with Crippen LogP contribution in [0.25, 0.3) is 10.4 Å². The summed E-state index contributed by atoms with van der Waals surface area (Å²) in [5, 5.41) is 9.45. The molecule has 1 N–H and O–H groups in total. The fraction of sp³-hybridized carbons (Fsp3) is 0.167. The third-order valence-electron chi connectivity index (χ3n) is 2.49. The minimum atomic E-state index is -4.73. The summed E-state index contributed by atoms with van der Waals surface area (Å²) in [7, 11) is -4.73. The van der Waals surface area contributed by atoms with Gasteiger partial charge in [0.15, 0.2) is 5.44 Å². The minimum absolute atomic E-state index is 0. The second kappa shape index (κ2) is 6.49. The van der Waals surface area contributed by atoms with Gasteiger partial charge in [-0.1, -0.05) is 30.3 Å². The zero-order chi connectivity index (χ0) is 13.3. The van der Waals surface area contributed by atoms with Crippen molar-refractivity contribution in [1.82, 2.24) is 0 Å². The summed E-state index contributed by atoms with van der Waals surface area (Å²) in [4.78, 5) is 1.01. The molecule has 0 amide bonds. The topological polar surface area (TPSA) is 77.4 Å². The SMILES string of the molecule is Cc1cc(C(O)S(=O)(=O)[O-])sc1-c1ccccc1.[Na+]. The average molecular weight is 306 g/mol. The van der Waals surface area contributed by atoms with E-state index in [1.54, 1.807) is 0 Å². The van der Waals surface area contributed by atoms with Gasteiger partial charge >= 0.3 is 29.6 Å². The standard InChI is InChI=1S/C12H12O4S2.Na/c1-8-7-10(12(13)18(14,15)16)17-11(8)9-5-3-2-4-6-9;/h2-7,12-13H,1H3,(H,14,15,16);/q;+1/p-1. The van der Waals surface area contributed by atoms with E-state index >= 15 is 0 Å². The molecule has 19 heavy (non-hydrogen) atoms. The molecule has 96 valence electrons. The number of thiophene rings is 1. The molecule has 1 heterocycles. The van der Waals surface area contributed by atoms with Gasteiger partial charge in [-0.15, -0.1) is 11.3 Å². The van der Waals surface area contributed by atoms with Crippen LogP contribution in [0.2, 0.25) is 0 Å². The van der Waals surface area contributed by atoms with Crippen molar-refractivity contribution >= 4 is 21.5 Å². The van der Waals surface area contributed by atoms with Gasteiger partial charge < -0.3 is 9.66 Å². The van der Waals surface area contributed by atoms with Crippen molar-refractivity contribution in [1.29, 1.82) is 0 Å². The Balaban J connectivity index is 0.00000180. The molecule has 0 saturated carbocycles. The number of aliphatic hydroxyl groups is 1. The third-order valence-corrected chi connectivity index (χ3v) is 4.78. The minimum Gasteiger partial charge on any atom is -0.746 e. The van der Waals surface area contributed by atoms with E-state index in [2.05, 4.69) is 0 Å². The molecule has 0 fully saturated rings. The van der Waals surface area contributed by atoms with Crippen LogP contribution < -0.4 is 29.6 Å². The van der Waals surface area contributed by atoms with Crippen LogP contribution >= 0.6 is 11.3 Å². The van der Waals surface area contributed by atoms with Crippen LogP contribution in [-0.2, 0) is 10.1 Å². The van der Waals surface area contributed by atoms with Gasteiger partial charge in [-0.25, -0.2) is 8.42 Å². The number of hydrogen-bond acceptors (Lipinski definition) is 5. The quantitative estimate of drug-likeness (QED) is 0.599. The molecule has 2 rings (SSSR count). The molecule has 0 bridgehead atoms. The van der Waals surface area contributed by atoms with Crippen molar-refractivity contribution in [2.24, 2.45) is 0 Å². The molecular weight excluding hydrogens is 295 g/mol. The van der Waals surface area contributed by atoms with Crippen molar-refractivity contribution < 1.29 is 47.6 Å². The molecule has 1 unspecified atom stereocenters. The Hall–Kier alpha value is -0.210. The first-order chi connectivity index (χ1) is 8.39. The van der Waals surface area contributed by atoms with Crippen molar-refractivity contribution in [3.8, 4) is 10.4 Å². The van der Waals surface area contributed by atoms with Crippen LogP contribution in [0.1, 0.15) is 15.9 Å². The number of rotatable bonds is 3. The first-order valence-electron chi connectivity index (χ1n) is 5.18. The Morgan fingerprint density at radius 1 is 1.26 bits per heavy atom. The molecule has 0 spiro atoms. The van der Waals surface area contributed by atoms with Crippen LogP contribution in [0.15, 0.2) is 36.4 Å². The third kappa shape index (κ3) is 3.88. The van der Waals surface area contributed by atoms with E-state index < -0.39 is 15.6 Å². The normalized spacial score (nSPS) is 12.8. The molecule has 0 aliphatic carbocycles. The van der Waals surface area contributed by atoms with Crippen LogP contribution in [0.5, 0.6) is 0 Å². The molecular formula is C12H11NaO4S2. The summed E-state index contributed by atoms with van der Waals surface area (Å²) in [6, 6.07) is 10.9. The number of benzene rings is 1. The van der Waals surface area contributed by atoms with E-state index in [0.29, 0.717) is 0 Å². The second-order valence-electron chi connectivity index (χ2n) is 3.87. The fourth-order valence-corrected chi connectivity index (χ4v) is 3.54. The molecule has 0 aliphatic heterocycles. The van der Waals surface area contributed by atoms with Gasteiger partial charge in [-0.2, -0.15) is 0 Å². The summed E-state index contributed by atoms with van der Waals surface area (Å²) in [5.41, 5.74) is -0.218. The van der Waals surface area contributed by atoms with E-state index in [1.165, 1.54) is 6.07 Å². The predicted octanol–water partition coefficient (Wildman–Crippen LogP) is -0.736. The van der Waals surface area contributed by atoms with Gasteiger partial charge in [0.1, 0.15) is 10.1 Å². The Morgan fingerprint density at radius 3 is 2.37 bits per heavy atom. The van der Waals surface area contributed by atoms with Crippen molar-refractivity contribution in [2.75, 3.05) is 0 Å². The summed E-state index contributed by atoms with van der Waals surface area (Å²) in [6.07, 6.45) is 0. The van der Waals surface area contributed by atoms with E-state index in [9.17, 15) is 18.1 Å². The molecule has 4 nitrogen and oxygen atoms in total. The van der Waals surface area contributed by atoms with Crippen LogP contribution in [-0.4, -0.2) is 18.1 Å². The number of aliphatic hydroxyl groups excluding tert-OH is 1. The summed E-state index contributed by atoms with van der Waals surface area (Å²) in [5.74, 6) is 0. The van der Waals surface area contributed by atoms with Crippen LogP contribution in [0.3, 0.4) is 0 Å². The molecule has 0 aliphatic rings. The van der Waals surface area contributed by atoms with Crippen molar-refractivity contribution in [3.05, 3.63) is 46.8 Å². The van der Waals surface area contributed by atoms with Gasteiger partial charge in [-0.05, 0) is 24.1 Å². The van der Waals surface area contributed by atoms with Crippen molar-refractivity contribution in [3.63, 3.8) is 0 Å². The largest absolute Gasteiger partial charge is 1.00 e. The van der Waals surface area contributed by atoms with E-state index in [-0.39, 0.29) is 34.4 Å². The Bertz CT molecular complexity index is 650. The molecule has 0 saturated heterocycles. The smallest absolute Gasteiger partial charge is 0.746 e. The Labute approximate surface area is 138 Å². The molecule has 7 heteroatoms. The van der Waals surface area contributed by atoms with Gasteiger partial charge in [0.05, 0.1) is 0 Å². The number of hydrogen-bond donors (Lipinski definition) is 1. The van der Waals surface area contributed by atoms with Gasteiger partial charge in [0.2, 0.25) is 0 Å². The number of aryl methyl sites for hydroxylation is 1. The van der Waals surface area contributed by atoms with E-state index in [4.69, 9.17) is 0 Å². The van der Waals surface area contributed by atoms with E-state index in [1.807, 2.05) is 37.3 Å². The summed E-state index contributed by atoms with van der Waals surface area (Å²) < 4.78 is 32.4. The maximum atomic E-state index is 10.8. The Morgan fingerprint density at radius 2 is 1.84 bits per heavy atom. The molecule has 0 radical (unpaired) electrons. The van der Waals surface area contributed by atoms with Gasteiger partial charge in [0.25, 0.3) is 0 Å². The summed E-state index contributed by atoms with van der Waals surface area (Å²) >= 11 is 1.12. The first-order valence-corrected chi connectivity index (χ1v) is 7.47. The van der Waals surface area contributed by atoms with Crippen LogP contribution in [0, 0.1) is 6.92 Å². The predicted molar refractivity (Wildman–Crippen MR) is 69.1 cm³/mol. The molecule has 1 aromatic heterocycles.